The first-order valence-electron chi connectivity index (χ1n) is 14.0. The van der Waals surface area contributed by atoms with Gasteiger partial charge < -0.3 is 4.90 Å². The molecule has 1 aliphatic rings. The van der Waals surface area contributed by atoms with Crippen LogP contribution in [-0.2, 0) is 0 Å². The molecule has 0 bridgehead atoms. The molecular formula is C39H33N. The number of hydrogen-bond acceptors (Lipinski definition) is 1. The molecule has 5 aromatic rings. The van der Waals surface area contributed by atoms with Gasteiger partial charge in [0.05, 0.1) is 0 Å². The minimum Gasteiger partial charge on any atom is -0.314 e. The smallest absolute Gasteiger partial charge is 0.0458 e. The highest BCUT2D eigenvalue weighted by atomic mass is 15.1. The average Bonchev–Trinajstić information content (AvgIpc) is 3.02. The predicted molar refractivity (Wildman–Crippen MR) is 172 cm³/mol. The van der Waals surface area contributed by atoms with E-state index in [1.807, 2.05) is 0 Å². The molecule has 0 N–H and O–H groups in total. The van der Waals surface area contributed by atoms with Crippen LogP contribution in [0.2, 0.25) is 0 Å². The van der Waals surface area contributed by atoms with E-state index in [0.717, 1.165) is 6.42 Å². The highest BCUT2D eigenvalue weighted by Gasteiger charge is 2.17. The lowest BCUT2D eigenvalue weighted by Gasteiger charge is -2.30. The van der Waals surface area contributed by atoms with Crippen molar-refractivity contribution in [2.45, 2.75) is 13.3 Å². The molecule has 0 spiro atoms. The Balaban J connectivity index is 1.16. The van der Waals surface area contributed by atoms with Crippen molar-refractivity contribution in [3.63, 3.8) is 0 Å². The van der Waals surface area contributed by atoms with Crippen molar-refractivity contribution in [2.24, 2.45) is 5.92 Å². The normalized spacial score (nSPS) is 14.7. The van der Waals surface area contributed by atoms with E-state index in [2.05, 4.69) is 176 Å². The maximum Gasteiger partial charge on any atom is 0.0458 e. The summed E-state index contributed by atoms with van der Waals surface area (Å²) in [4.78, 5) is 2.37. The lowest BCUT2D eigenvalue weighted by atomic mass is 9.98. The molecule has 0 heterocycles. The zero-order valence-corrected chi connectivity index (χ0v) is 22.8. The highest BCUT2D eigenvalue weighted by Crippen LogP contribution is 2.34. The number of nitrogens with zero attached hydrogens (tertiary/aromatic N) is 1. The summed E-state index contributed by atoms with van der Waals surface area (Å²) in [5.74, 6) is 0.536. The van der Waals surface area contributed by atoms with Crippen LogP contribution in [0.1, 0.15) is 24.5 Å². The molecule has 1 unspecified atom stereocenters. The Morgan fingerprint density at radius 2 is 0.975 bits per heavy atom. The Morgan fingerprint density at radius 1 is 0.525 bits per heavy atom. The average molecular weight is 516 g/mol. The van der Waals surface area contributed by atoms with Crippen LogP contribution in [0.3, 0.4) is 0 Å². The van der Waals surface area contributed by atoms with Crippen molar-refractivity contribution >= 4 is 23.5 Å². The fourth-order valence-electron chi connectivity index (χ4n) is 5.25. The van der Waals surface area contributed by atoms with Gasteiger partial charge in [0.25, 0.3) is 0 Å². The van der Waals surface area contributed by atoms with Gasteiger partial charge in [0.15, 0.2) is 0 Å². The van der Waals surface area contributed by atoms with Crippen LogP contribution in [0.25, 0.3) is 34.4 Å². The van der Waals surface area contributed by atoms with E-state index in [9.17, 15) is 0 Å². The molecule has 0 amide bonds. The van der Waals surface area contributed by atoms with Crippen LogP contribution >= 0.6 is 0 Å². The second kappa shape index (κ2) is 11.9. The second-order valence-electron chi connectivity index (χ2n) is 10.4. The molecule has 5 aromatic carbocycles. The van der Waals surface area contributed by atoms with Crippen LogP contribution in [0, 0.1) is 5.92 Å². The molecule has 1 heteroatoms. The van der Waals surface area contributed by atoms with Gasteiger partial charge in [-0.2, -0.15) is 0 Å². The molecule has 0 saturated heterocycles. The van der Waals surface area contributed by atoms with Crippen molar-refractivity contribution in [3.05, 3.63) is 169 Å². The molecule has 1 aliphatic carbocycles. The third-order valence-corrected chi connectivity index (χ3v) is 7.42. The molecule has 0 aliphatic heterocycles. The van der Waals surface area contributed by atoms with E-state index in [4.69, 9.17) is 0 Å². The third-order valence-electron chi connectivity index (χ3n) is 7.42. The molecule has 1 nitrogen and oxygen atoms in total. The third kappa shape index (κ3) is 5.90. The van der Waals surface area contributed by atoms with Crippen molar-refractivity contribution in [1.29, 1.82) is 0 Å². The van der Waals surface area contributed by atoms with E-state index in [1.165, 1.54) is 50.5 Å². The van der Waals surface area contributed by atoms with Gasteiger partial charge >= 0.3 is 0 Å². The van der Waals surface area contributed by atoms with E-state index in [-0.39, 0.29) is 0 Å². The monoisotopic (exact) mass is 515 g/mol. The van der Waals surface area contributed by atoms with E-state index in [1.54, 1.807) is 0 Å². The van der Waals surface area contributed by atoms with Crippen molar-refractivity contribution in [2.75, 3.05) is 4.90 Å². The molecule has 0 radical (unpaired) electrons. The first-order valence-corrected chi connectivity index (χ1v) is 14.0. The maximum absolute atomic E-state index is 2.37. The molecular weight excluding hydrogens is 482 g/mol. The molecule has 1 atom stereocenters. The largest absolute Gasteiger partial charge is 0.314 e. The van der Waals surface area contributed by atoms with Gasteiger partial charge in [-0.05, 0) is 76.1 Å². The topological polar surface area (TPSA) is 3.24 Å². The van der Waals surface area contributed by atoms with Crippen LogP contribution in [0.4, 0.5) is 11.4 Å². The van der Waals surface area contributed by atoms with Gasteiger partial charge in [-0.15, -0.1) is 0 Å². The standard InChI is InChI=1S/C39H33N/c1-30-9-8-14-39(29-30)40(37-12-6-3-7-13-37)38-27-19-32(20-28-38)16-15-31-17-21-34(22-18-31)36-25-23-35(24-26-36)33-10-4-2-5-11-33/h2-28,30H,29H2,1H3. The number of allylic oxidation sites excluding steroid dienone is 4. The van der Waals surface area contributed by atoms with E-state index >= 15 is 0 Å². The molecule has 40 heavy (non-hydrogen) atoms. The fraction of sp³-hybridized carbons (Fsp3) is 0.0769. The van der Waals surface area contributed by atoms with Crippen LogP contribution in [0.15, 0.2) is 157 Å². The van der Waals surface area contributed by atoms with Crippen LogP contribution in [-0.4, -0.2) is 0 Å². The minimum atomic E-state index is 0.536. The molecule has 6 rings (SSSR count). The summed E-state index contributed by atoms with van der Waals surface area (Å²) in [6.07, 6.45) is 12.1. The van der Waals surface area contributed by atoms with Crippen LogP contribution in [0.5, 0.6) is 0 Å². The first kappa shape index (κ1) is 25.4. The SMILES string of the molecule is CC1C=CC=C(N(c2ccccc2)c2ccc(C=Cc3ccc(-c4ccc(-c5ccccc5)cc4)cc3)cc2)C1. The summed E-state index contributed by atoms with van der Waals surface area (Å²) in [6, 6.07) is 47.6. The fourth-order valence-corrected chi connectivity index (χ4v) is 5.25. The Bertz CT molecular complexity index is 1620. The first-order chi connectivity index (χ1) is 19.7. The summed E-state index contributed by atoms with van der Waals surface area (Å²) >= 11 is 0. The number of anilines is 2. The zero-order valence-electron chi connectivity index (χ0n) is 22.8. The highest BCUT2D eigenvalue weighted by molar-refractivity contribution is 5.75. The van der Waals surface area contributed by atoms with Crippen LogP contribution < -0.4 is 4.90 Å². The molecule has 0 aromatic heterocycles. The van der Waals surface area contributed by atoms with E-state index in [0.29, 0.717) is 5.92 Å². The second-order valence-corrected chi connectivity index (χ2v) is 10.4. The Morgan fingerprint density at radius 3 is 1.52 bits per heavy atom. The molecule has 194 valence electrons. The van der Waals surface area contributed by atoms with Gasteiger partial charge in [-0.1, -0.05) is 140 Å². The van der Waals surface area contributed by atoms with Gasteiger partial charge in [-0.25, -0.2) is 0 Å². The van der Waals surface area contributed by atoms with Gasteiger partial charge in [-0.3, -0.25) is 0 Å². The van der Waals surface area contributed by atoms with Crippen molar-refractivity contribution in [3.8, 4) is 22.3 Å². The lowest BCUT2D eigenvalue weighted by Crippen LogP contribution is -2.19. The number of benzene rings is 5. The quantitative estimate of drug-likeness (QED) is 0.195. The lowest BCUT2D eigenvalue weighted by molar-refractivity contribution is 0.696. The Hall–Kier alpha value is -4.88. The van der Waals surface area contributed by atoms with E-state index < -0.39 is 0 Å². The maximum atomic E-state index is 2.37. The number of para-hydroxylation sites is 1. The Labute approximate surface area is 238 Å². The van der Waals surface area contributed by atoms with Gasteiger partial charge in [0, 0.05) is 17.1 Å². The number of hydrogen-bond donors (Lipinski definition) is 0. The molecule has 0 fully saturated rings. The Kier molecular flexibility index (Phi) is 7.55. The summed E-state index contributed by atoms with van der Waals surface area (Å²) < 4.78 is 0. The number of rotatable bonds is 7. The van der Waals surface area contributed by atoms with Crippen molar-refractivity contribution < 1.29 is 0 Å². The zero-order chi connectivity index (χ0) is 27.1. The van der Waals surface area contributed by atoms with Gasteiger partial charge in [0.1, 0.15) is 0 Å². The van der Waals surface area contributed by atoms with Crippen molar-refractivity contribution in [1.82, 2.24) is 0 Å². The predicted octanol–water partition coefficient (Wildman–Crippen LogP) is 10.8. The summed E-state index contributed by atoms with van der Waals surface area (Å²) in [7, 11) is 0. The summed E-state index contributed by atoms with van der Waals surface area (Å²) in [5.41, 5.74) is 11.0. The van der Waals surface area contributed by atoms with Gasteiger partial charge in [0.2, 0.25) is 0 Å². The molecule has 0 saturated carbocycles. The minimum absolute atomic E-state index is 0.536. The summed E-state index contributed by atoms with van der Waals surface area (Å²) in [6.45, 7) is 2.27. The summed E-state index contributed by atoms with van der Waals surface area (Å²) in [5, 5.41) is 0.